The molecule has 88 valence electrons. The normalized spacial score (nSPS) is 26.3. The second-order valence-corrected chi connectivity index (χ2v) is 4.62. The monoisotopic (exact) mass is 222 g/mol. The van der Waals surface area contributed by atoms with Crippen LogP contribution in [-0.4, -0.2) is 25.2 Å². The van der Waals surface area contributed by atoms with Crippen molar-refractivity contribution in [3.8, 4) is 0 Å². The Morgan fingerprint density at radius 1 is 1.12 bits per heavy atom. The van der Waals surface area contributed by atoms with E-state index in [1.165, 1.54) is 0 Å². The van der Waals surface area contributed by atoms with Gasteiger partial charge in [0.05, 0.1) is 13.1 Å². The summed E-state index contributed by atoms with van der Waals surface area (Å²) in [5.41, 5.74) is 0. The Hall–Kier alpha value is -1.24. The van der Waals surface area contributed by atoms with Crippen LogP contribution in [0.5, 0.6) is 0 Å². The maximum absolute atomic E-state index is 10.0. The van der Waals surface area contributed by atoms with E-state index >= 15 is 0 Å². The first-order valence-electron chi connectivity index (χ1n) is 5.85. The van der Waals surface area contributed by atoms with Crippen LogP contribution in [0.4, 0.5) is 0 Å². The molecule has 0 heterocycles. The van der Waals surface area contributed by atoms with Crippen LogP contribution in [0.25, 0.3) is 0 Å². The number of rotatable bonds is 5. The van der Waals surface area contributed by atoms with Gasteiger partial charge < -0.3 is 0 Å². The summed E-state index contributed by atoms with van der Waals surface area (Å²) < 4.78 is 0. The molecule has 1 atom stereocenters. The lowest BCUT2D eigenvalue weighted by molar-refractivity contribution is 0.221. The topological polar surface area (TPSA) is 58.9 Å². The van der Waals surface area contributed by atoms with Crippen LogP contribution < -0.4 is 0 Å². The molecule has 0 amide bonds. The van der Waals surface area contributed by atoms with Crippen molar-refractivity contribution in [1.82, 2.24) is 0 Å². The molecule has 1 rings (SSSR count). The Kier molecular flexibility index (Phi) is 5.69. The number of hydrogen-bond donors (Lipinski definition) is 0. The standard InChI is InChI=1S/C12H18N2O2/c1-10(6-13-8-15)12-4-2-11(3-5-12)7-14-9-16/h10-12H,2-7H2,1H3. The Balaban J connectivity index is 2.30. The minimum Gasteiger partial charge on any atom is -0.211 e. The van der Waals surface area contributed by atoms with Crippen molar-refractivity contribution in [2.24, 2.45) is 27.7 Å². The molecule has 1 aliphatic rings. The van der Waals surface area contributed by atoms with E-state index < -0.39 is 0 Å². The van der Waals surface area contributed by atoms with Crippen molar-refractivity contribution in [1.29, 1.82) is 0 Å². The first kappa shape index (κ1) is 12.8. The van der Waals surface area contributed by atoms with Crippen molar-refractivity contribution in [3.63, 3.8) is 0 Å². The summed E-state index contributed by atoms with van der Waals surface area (Å²) in [6, 6.07) is 0. The van der Waals surface area contributed by atoms with E-state index in [-0.39, 0.29) is 0 Å². The lowest BCUT2D eigenvalue weighted by atomic mass is 9.76. The highest BCUT2D eigenvalue weighted by molar-refractivity contribution is 5.33. The third-order valence-electron chi connectivity index (χ3n) is 3.55. The highest BCUT2D eigenvalue weighted by Gasteiger charge is 2.24. The van der Waals surface area contributed by atoms with Gasteiger partial charge in [0.1, 0.15) is 0 Å². The maximum atomic E-state index is 10.0. The van der Waals surface area contributed by atoms with Gasteiger partial charge in [0.15, 0.2) is 0 Å². The van der Waals surface area contributed by atoms with Gasteiger partial charge in [-0.3, -0.25) is 0 Å². The Bertz CT molecular complexity index is 296. The molecule has 0 aromatic rings. The third-order valence-corrected chi connectivity index (χ3v) is 3.55. The molecule has 1 unspecified atom stereocenters. The maximum Gasteiger partial charge on any atom is 0.234 e. The zero-order valence-electron chi connectivity index (χ0n) is 9.69. The molecule has 0 aromatic carbocycles. The summed E-state index contributed by atoms with van der Waals surface area (Å²) in [5.74, 6) is 1.64. The molecule has 1 fully saturated rings. The smallest absolute Gasteiger partial charge is 0.211 e. The molecular weight excluding hydrogens is 204 g/mol. The van der Waals surface area contributed by atoms with Crippen LogP contribution in [-0.2, 0) is 9.59 Å². The number of aliphatic imine (C=N–C) groups is 2. The molecule has 4 nitrogen and oxygen atoms in total. The number of hydrogen-bond acceptors (Lipinski definition) is 4. The first-order valence-corrected chi connectivity index (χ1v) is 5.85. The van der Waals surface area contributed by atoms with E-state index in [1.807, 2.05) is 0 Å². The van der Waals surface area contributed by atoms with Gasteiger partial charge in [0.2, 0.25) is 12.2 Å². The van der Waals surface area contributed by atoms with Gasteiger partial charge in [0.25, 0.3) is 0 Å². The van der Waals surface area contributed by atoms with Gasteiger partial charge in [-0.1, -0.05) is 6.92 Å². The fraction of sp³-hybridized carbons (Fsp3) is 0.833. The molecule has 0 saturated heterocycles. The molecule has 1 aliphatic carbocycles. The Labute approximate surface area is 95.9 Å². The predicted octanol–water partition coefficient (Wildman–Crippen LogP) is 2.10. The average molecular weight is 222 g/mol. The molecule has 0 bridgehead atoms. The summed E-state index contributed by atoms with van der Waals surface area (Å²) in [4.78, 5) is 27.3. The van der Waals surface area contributed by atoms with Crippen molar-refractivity contribution in [2.45, 2.75) is 32.6 Å². The van der Waals surface area contributed by atoms with Crippen molar-refractivity contribution in [3.05, 3.63) is 0 Å². The summed E-state index contributed by atoms with van der Waals surface area (Å²) >= 11 is 0. The van der Waals surface area contributed by atoms with Gasteiger partial charge in [-0.15, -0.1) is 0 Å². The second kappa shape index (κ2) is 7.10. The van der Waals surface area contributed by atoms with Crippen molar-refractivity contribution >= 4 is 12.2 Å². The highest BCUT2D eigenvalue weighted by atomic mass is 16.1. The zero-order chi connectivity index (χ0) is 11.8. The van der Waals surface area contributed by atoms with E-state index in [0.29, 0.717) is 30.8 Å². The van der Waals surface area contributed by atoms with E-state index in [9.17, 15) is 9.59 Å². The second-order valence-electron chi connectivity index (χ2n) is 4.62. The molecular formula is C12H18N2O2. The van der Waals surface area contributed by atoms with Gasteiger partial charge in [-0.05, 0) is 43.4 Å². The Morgan fingerprint density at radius 3 is 2.31 bits per heavy atom. The van der Waals surface area contributed by atoms with Crippen molar-refractivity contribution in [2.75, 3.05) is 13.1 Å². The Morgan fingerprint density at radius 2 is 1.75 bits per heavy atom. The van der Waals surface area contributed by atoms with Crippen LogP contribution >= 0.6 is 0 Å². The lowest BCUT2D eigenvalue weighted by Gasteiger charge is -2.30. The van der Waals surface area contributed by atoms with Gasteiger partial charge >= 0.3 is 0 Å². The van der Waals surface area contributed by atoms with Gasteiger partial charge in [-0.25, -0.2) is 19.6 Å². The molecule has 0 aromatic heterocycles. The first-order chi connectivity index (χ1) is 7.77. The van der Waals surface area contributed by atoms with E-state index in [0.717, 1.165) is 25.7 Å². The molecule has 0 N–H and O–H groups in total. The molecule has 16 heavy (non-hydrogen) atoms. The zero-order valence-corrected chi connectivity index (χ0v) is 9.69. The third kappa shape index (κ3) is 4.09. The molecule has 0 spiro atoms. The average Bonchev–Trinajstić information content (AvgIpc) is 2.34. The lowest BCUT2D eigenvalue weighted by Crippen LogP contribution is -2.23. The fourth-order valence-corrected chi connectivity index (χ4v) is 2.44. The summed E-state index contributed by atoms with van der Waals surface area (Å²) in [7, 11) is 0. The minimum absolute atomic E-state index is 0.456. The minimum atomic E-state index is 0.456. The summed E-state index contributed by atoms with van der Waals surface area (Å²) in [6.07, 6.45) is 7.71. The summed E-state index contributed by atoms with van der Waals surface area (Å²) in [5, 5.41) is 0. The van der Waals surface area contributed by atoms with E-state index in [4.69, 9.17) is 0 Å². The quantitative estimate of drug-likeness (QED) is 0.528. The van der Waals surface area contributed by atoms with Crippen LogP contribution in [0, 0.1) is 17.8 Å². The number of nitrogens with zero attached hydrogens (tertiary/aromatic N) is 2. The van der Waals surface area contributed by atoms with Crippen LogP contribution in [0.15, 0.2) is 9.98 Å². The van der Waals surface area contributed by atoms with E-state index in [1.54, 1.807) is 12.2 Å². The van der Waals surface area contributed by atoms with Gasteiger partial charge in [0, 0.05) is 0 Å². The summed E-state index contributed by atoms with van der Waals surface area (Å²) in [6.45, 7) is 3.35. The SMILES string of the molecule is CC(CN=C=O)C1CCC(CN=C=O)CC1. The molecule has 4 heteroatoms. The number of carbonyl (C=O) groups excluding carboxylic acids is 2. The molecule has 0 aliphatic heterocycles. The highest BCUT2D eigenvalue weighted by Crippen LogP contribution is 2.33. The van der Waals surface area contributed by atoms with Crippen molar-refractivity contribution < 1.29 is 9.59 Å². The van der Waals surface area contributed by atoms with E-state index in [2.05, 4.69) is 16.9 Å². The van der Waals surface area contributed by atoms with Crippen LogP contribution in [0.3, 0.4) is 0 Å². The predicted molar refractivity (Wildman–Crippen MR) is 60.6 cm³/mol. The van der Waals surface area contributed by atoms with Crippen LogP contribution in [0.2, 0.25) is 0 Å². The number of isocyanates is 2. The molecule has 1 saturated carbocycles. The fourth-order valence-electron chi connectivity index (χ4n) is 2.44. The van der Waals surface area contributed by atoms with Gasteiger partial charge in [-0.2, -0.15) is 0 Å². The largest absolute Gasteiger partial charge is 0.234 e. The van der Waals surface area contributed by atoms with Crippen LogP contribution in [0.1, 0.15) is 32.6 Å². The molecule has 0 radical (unpaired) electrons.